The van der Waals surface area contributed by atoms with Crippen LogP contribution in [0.4, 0.5) is 8.78 Å². The maximum Gasteiger partial charge on any atom is 0.277 e. The highest BCUT2D eigenvalue weighted by molar-refractivity contribution is 5.26. The molecule has 0 fully saturated rings. The number of fused-ring (bicyclic) bond motifs is 1. The molecule has 2 rings (SSSR count). The Morgan fingerprint density at radius 3 is 2.60 bits per heavy atom. The van der Waals surface area contributed by atoms with Crippen molar-refractivity contribution in [1.82, 2.24) is 0 Å². The monoisotopic (exact) mass is 350 g/mol. The van der Waals surface area contributed by atoms with Crippen LogP contribution in [0.2, 0.25) is 0 Å². The van der Waals surface area contributed by atoms with Gasteiger partial charge in [-0.1, -0.05) is 36.0 Å². The lowest BCUT2D eigenvalue weighted by molar-refractivity contribution is -0.0528. The Morgan fingerprint density at radius 1 is 1.32 bits per heavy atom. The summed E-state index contributed by atoms with van der Waals surface area (Å²) in [5, 5.41) is 10.1. The van der Waals surface area contributed by atoms with Crippen LogP contribution in [-0.4, -0.2) is 17.1 Å². The van der Waals surface area contributed by atoms with Crippen molar-refractivity contribution in [2.75, 3.05) is 0 Å². The molecule has 0 aromatic heterocycles. The SMILES string of the molecule is C=CC(O)C1CC=C2CCC=C(C(C)(C)C(F)(F)C(=C)C)CCC2C1. The molecule has 0 amide bonds. The summed E-state index contributed by atoms with van der Waals surface area (Å²) in [6.45, 7) is 11.9. The van der Waals surface area contributed by atoms with E-state index in [1.54, 1.807) is 19.9 Å². The molecule has 140 valence electrons. The first-order valence-electron chi connectivity index (χ1n) is 9.34. The van der Waals surface area contributed by atoms with E-state index in [0.29, 0.717) is 12.3 Å². The molecule has 0 saturated heterocycles. The lowest BCUT2D eigenvalue weighted by Crippen LogP contribution is -2.39. The normalized spacial score (nSPS) is 26.5. The van der Waals surface area contributed by atoms with Gasteiger partial charge in [0.1, 0.15) is 0 Å². The minimum Gasteiger partial charge on any atom is -0.389 e. The lowest BCUT2D eigenvalue weighted by Gasteiger charge is -2.39. The van der Waals surface area contributed by atoms with Gasteiger partial charge in [0.05, 0.1) is 11.5 Å². The summed E-state index contributed by atoms with van der Waals surface area (Å²) in [5.41, 5.74) is 0.987. The van der Waals surface area contributed by atoms with Gasteiger partial charge in [-0.05, 0) is 76.7 Å². The van der Waals surface area contributed by atoms with Gasteiger partial charge < -0.3 is 5.11 Å². The standard InChI is InChI=1S/C22H32F2O/c1-6-20(25)18-11-10-16-8-7-9-19(13-12-17(16)14-18)21(4,5)22(23,24)15(2)3/h6,9-10,17-18,20,25H,1-2,7-8,11-14H2,3-5H3. The molecule has 3 atom stereocenters. The number of allylic oxidation sites excluding steroid dienone is 5. The largest absolute Gasteiger partial charge is 0.389 e. The summed E-state index contributed by atoms with van der Waals surface area (Å²) in [7, 11) is 0. The van der Waals surface area contributed by atoms with Crippen LogP contribution < -0.4 is 0 Å². The highest BCUT2D eigenvalue weighted by Gasteiger charge is 2.49. The van der Waals surface area contributed by atoms with Gasteiger partial charge in [0, 0.05) is 0 Å². The lowest BCUT2D eigenvalue weighted by atomic mass is 9.69. The maximum absolute atomic E-state index is 14.7. The van der Waals surface area contributed by atoms with Gasteiger partial charge in [-0.25, -0.2) is 8.78 Å². The summed E-state index contributed by atoms with van der Waals surface area (Å²) in [6.07, 6.45) is 10.5. The van der Waals surface area contributed by atoms with Crippen molar-refractivity contribution in [3.05, 3.63) is 48.1 Å². The van der Waals surface area contributed by atoms with Gasteiger partial charge in [-0.3, -0.25) is 0 Å². The van der Waals surface area contributed by atoms with E-state index < -0.39 is 17.4 Å². The minimum atomic E-state index is -2.91. The molecule has 2 aliphatic carbocycles. The van der Waals surface area contributed by atoms with Crippen molar-refractivity contribution >= 4 is 0 Å². The van der Waals surface area contributed by atoms with Crippen molar-refractivity contribution in [3.63, 3.8) is 0 Å². The smallest absolute Gasteiger partial charge is 0.277 e. The Bertz CT molecular complexity index is 583. The van der Waals surface area contributed by atoms with Gasteiger partial charge in [0.15, 0.2) is 0 Å². The van der Waals surface area contributed by atoms with Crippen LogP contribution in [0.15, 0.2) is 48.1 Å². The summed E-state index contributed by atoms with van der Waals surface area (Å²) in [6, 6.07) is 0. The average molecular weight is 350 g/mol. The number of hydrogen-bond donors (Lipinski definition) is 1. The molecule has 0 bridgehead atoms. The van der Waals surface area contributed by atoms with Crippen LogP contribution in [0, 0.1) is 17.3 Å². The molecule has 0 spiro atoms. The summed E-state index contributed by atoms with van der Waals surface area (Å²) >= 11 is 0. The van der Waals surface area contributed by atoms with E-state index in [-0.39, 0.29) is 11.5 Å². The molecule has 0 saturated carbocycles. The zero-order valence-electron chi connectivity index (χ0n) is 15.8. The van der Waals surface area contributed by atoms with E-state index >= 15 is 0 Å². The first kappa shape index (κ1) is 20.1. The maximum atomic E-state index is 14.7. The molecular weight excluding hydrogens is 318 g/mol. The summed E-state index contributed by atoms with van der Waals surface area (Å²) in [5.74, 6) is -2.33. The van der Waals surface area contributed by atoms with Crippen LogP contribution in [0.25, 0.3) is 0 Å². The van der Waals surface area contributed by atoms with E-state index in [9.17, 15) is 13.9 Å². The third kappa shape index (κ3) is 3.97. The van der Waals surface area contributed by atoms with Crippen molar-refractivity contribution < 1.29 is 13.9 Å². The molecule has 3 unspecified atom stereocenters. The fraction of sp³-hybridized carbons (Fsp3) is 0.636. The molecule has 0 heterocycles. The predicted octanol–water partition coefficient (Wildman–Crippen LogP) is 6.22. The van der Waals surface area contributed by atoms with Crippen LogP contribution >= 0.6 is 0 Å². The zero-order chi connectivity index (χ0) is 18.8. The number of halogens is 2. The van der Waals surface area contributed by atoms with Gasteiger partial charge in [0.25, 0.3) is 5.92 Å². The Kier molecular flexibility index (Phi) is 6.09. The molecule has 1 N–H and O–H groups in total. The fourth-order valence-electron chi connectivity index (χ4n) is 4.31. The molecule has 0 aromatic carbocycles. The second-order valence-electron chi connectivity index (χ2n) is 8.22. The van der Waals surface area contributed by atoms with Crippen LogP contribution in [0.1, 0.15) is 59.3 Å². The topological polar surface area (TPSA) is 20.2 Å². The van der Waals surface area contributed by atoms with Crippen molar-refractivity contribution in [1.29, 1.82) is 0 Å². The van der Waals surface area contributed by atoms with E-state index in [1.807, 2.05) is 6.08 Å². The number of hydrogen-bond acceptors (Lipinski definition) is 1. The molecule has 0 radical (unpaired) electrons. The minimum absolute atomic E-state index is 0.0760. The van der Waals surface area contributed by atoms with Gasteiger partial charge in [0.2, 0.25) is 0 Å². The van der Waals surface area contributed by atoms with E-state index in [4.69, 9.17) is 0 Å². The average Bonchev–Trinajstić information content (AvgIpc) is 2.54. The second kappa shape index (κ2) is 7.57. The van der Waals surface area contributed by atoms with E-state index in [0.717, 1.165) is 37.7 Å². The van der Waals surface area contributed by atoms with Crippen molar-refractivity contribution in [2.45, 2.75) is 71.3 Å². The fourth-order valence-corrected chi connectivity index (χ4v) is 4.31. The highest BCUT2D eigenvalue weighted by atomic mass is 19.3. The third-order valence-corrected chi connectivity index (χ3v) is 6.23. The Labute approximate surface area is 151 Å². The first-order valence-corrected chi connectivity index (χ1v) is 9.34. The first-order chi connectivity index (χ1) is 11.6. The number of alkyl halides is 2. The summed E-state index contributed by atoms with van der Waals surface area (Å²) in [4.78, 5) is 0. The zero-order valence-corrected chi connectivity index (χ0v) is 15.8. The van der Waals surface area contributed by atoms with Crippen molar-refractivity contribution in [2.24, 2.45) is 17.3 Å². The highest BCUT2D eigenvalue weighted by Crippen LogP contribution is 2.49. The third-order valence-electron chi connectivity index (χ3n) is 6.23. The van der Waals surface area contributed by atoms with E-state index in [2.05, 4.69) is 19.2 Å². The molecule has 2 aliphatic rings. The number of aliphatic hydroxyl groups excluding tert-OH is 1. The predicted molar refractivity (Wildman–Crippen MR) is 101 cm³/mol. The molecular formula is C22H32F2O. The van der Waals surface area contributed by atoms with Gasteiger partial charge in [-0.15, -0.1) is 6.58 Å². The van der Waals surface area contributed by atoms with E-state index in [1.165, 1.54) is 12.5 Å². The van der Waals surface area contributed by atoms with Crippen LogP contribution in [-0.2, 0) is 0 Å². The van der Waals surface area contributed by atoms with Gasteiger partial charge >= 0.3 is 0 Å². The molecule has 25 heavy (non-hydrogen) atoms. The Hall–Kier alpha value is -1.22. The molecule has 1 nitrogen and oxygen atoms in total. The van der Waals surface area contributed by atoms with Gasteiger partial charge in [-0.2, -0.15) is 0 Å². The number of aliphatic hydroxyl groups is 1. The summed E-state index contributed by atoms with van der Waals surface area (Å²) < 4.78 is 29.4. The quantitative estimate of drug-likeness (QED) is 0.583. The molecule has 3 heteroatoms. The van der Waals surface area contributed by atoms with Crippen LogP contribution in [0.5, 0.6) is 0 Å². The Balaban J connectivity index is 2.18. The van der Waals surface area contributed by atoms with Crippen molar-refractivity contribution in [3.8, 4) is 0 Å². The second-order valence-corrected chi connectivity index (χ2v) is 8.22. The number of rotatable bonds is 5. The molecule has 0 aromatic rings. The Morgan fingerprint density at radius 2 is 2.00 bits per heavy atom. The molecule has 0 aliphatic heterocycles. The van der Waals surface area contributed by atoms with Crippen LogP contribution in [0.3, 0.4) is 0 Å².